The number of hydrogen-bond acceptors (Lipinski definition) is 5. The molecule has 1 aromatic carbocycles. The standard InChI is InChI=1S/C15H21F3N2O4S/c16-15(17,18)24-13-4-6-14(7-5-13)25(22,23)19-8-10-20-9-2-1-3-12(20)11-21/h4-7,12,19,21H,1-3,8-11H2. The molecule has 1 unspecified atom stereocenters. The maximum Gasteiger partial charge on any atom is 0.573 e. The van der Waals surface area contributed by atoms with E-state index in [1.54, 1.807) is 0 Å². The molecule has 1 aliphatic heterocycles. The van der Waals surface area contributed by atoms with Gasteiger partial charge >= 0.3 is 6.36 Å². The Kier molecular flexibility index (Phi) is 6.66. The van der Waals surface area contributed by atoms with Crippen LogP contribution in [0.1, 0.15) is 19.3 Å². The molecule has 2 rings (SSSR count). The molecule has 0 saturated carbocycles. The number of sulfonamides is 1. The number of halogens is 3. The van der Waals surface area contributed by atoms with Crippen LogP contribution in [0.4, 0.5) is 13.2 Å². The number of piperidine rings is 1. The van der Waals surface area contributed by atoms with Crippen LogP contribution in [0.5, 0.6) is 5.75 Å². The number of rotatable bonds is 7. The van der Waals surface area contributed by atoms with Crippen LogP contribution >= 0.6 is 0 Å². The second kappa shape index (κ2) is 8.35. The smallest absolute Gasteiger partial charge is 0.406 e. The molecule has 142 valence electrons. The molecule has 2 N–H and O–H groups in total. The molecule has 0 aromatic heterocycles. The highest BCUT2D eigenvalue weighted by Gasteiger charge is 2.31. The van der Waals surface area contributed by atoms with Crippen LogP contribution in [0.25, 0.3) is 0 Å². The van der Waals surface area contributed by atoms with Crippen molar-refractivity contribution in [2.75, 3.05) is 26.2 Å². The topological polar surface area (TPSA) is 78.9 Å². The molecular weight excluding hydrogens is 361 g/mol. The first kappa shape index (κ1) is 20.0. The van der Waals surface area contributed by atoms with Gasteiger partial charge in [-0.1, -0.05) is 6.42 Å². The van der Waals surface area contributed by atoms with E-state index < -0.39 is 22.1 Å². The van der Waals surface area contributed by atoms with Gasteiger partial charge in [0.05, 0.1) is 11.5 Å². The van der Waals surface area contributed by atoms with Gasteiger partial charge in [-0.2, -0.15) is 0 Å². The maximum absolute atomic E-state index is 12.2. The maximum atomic E-state index is 12.2. The number of hydrogen-bond donors (Lipinski definition) is 2. The van der Waals surface area contributed by atoms with Crippen LogP contribution in [0.2, 0.25) is 0 Å². The normalized spacial score (nSPS) is 19.8. The molecule has 0 amide bonds. The van der Waals surface area contributed by atoms with Gasteiger partial charge in [-0.3, -0.25) is 4.90 Å². The second-order valence-electron chi connectivity index (χ2n) is 5.79. The summed E-state index contributed by atoms with van der Waals surface area (Å²) in [5.74, 6) is -0.481. The average molecular weight is 382 g/mol. The Bertz CT molecular complexity index is 650. The predicted octanol–water partition coefficient (Wildman–Crippen LogP) is 1.71. The van der Waals surface area contributed by atoms with E-state index in [0.717, 1.165) is 50.1 Å². The van der Waals surface area contributed by atoms with Crippen LogP contribution in [0.15, 0.2) is 29.2 Å². The summed E-state index contributed by atoms with van der Waals surface area (Å²) in [6.07, 6.45) is -1.90. The number of benzene rings is 1. The van der Waals surface area contributed by atoms with Gasteiger partial charge in [0.2, 0.25) is 10.0 Å². The van der Waals surface area contributed by atoms with Crippen LogP contribution in [-0.2, 0) is 10.0 Å². The van der Waals surface area contributed by atoms with E-state index in [4.69, 9.17) is 0 Å². The van der Waals surface area contributed by atoms with Gasteiger partial charge in [0, 0.05) is 19.1 Å². The molecule has 0 bridgehead atoms. The first-order valence-corrected chi connectivity index (χ1v) is 9.40. The molecule has 1 fully saturated rings. The summed E-state index contributed by atoms with van der Waals surface area (Å²) >= 11 is 0. The summed E-state index contributed by atoms with van der Waals surface area (Å²) in [5.41, 5.74) is 0. The van der Waals surface area contributed by atoms with E-state index in [1.807, 2.05) is 4.90 Å². The molecule has 0 aliphatic carbocycles. The first-order valence-electron chi connectivity index (χ1n) is 7.92. The van der Waals surface area contributed by atoms with Crippen molar-refractivity contribution in [2.24, 2.45) is 0 Å². The van der Waals surface area contributed by atoms with Gasteiger partial charge in [-0.05, 0) is 43.7 Å². The lowest BCUT2D eigenvalue weighted by atomic mass is 10.0. The summed E-state index contributed by atoms with van der Waals surface area (Å²) in [4.78, 5) is 1.89. The Hall–Kier alpha value is -1.36. The lowest BCUT2D eigenvalue weighted by Gasteiger charge is -2.34. The third-order valence-corrected chi connectivity index (χ3v) is 5.50. The third-order valence-electron chi connectivity index (χ3n) is 4.02. The highest BCUT2D eigenvalue weighted by Crippen LogP contribution is 2.23. The number of nitrogens with one attached hydrogen (secondary N) is 1. The van der Waals surface area contributed by atoms with E-state index in [2.05, 4.69) is 9.46 Å². The molecule has 0 spiro atoms. The van der Waals surface area contributed by atoms with Gasteiger partial charge in [-0.25, -0.2) is 13.1 Å². The zero-order chi connectivity index (χ0) is 18.5. The number of alkyl halides is 3. The zero-order valence-electron chi connectivity index (χ0n) is 13.5. The summed E-state index contributed by atoms with van der Waals surface area (Å²) < 4.78 is 66.8. The van der Waals surface area contributed by atoms with Crippen LogP contribution in [0, 0.1) is 0 Å². The Morgan fingerprint density at radius 1 is 1.24 bits per heavy atom. The summed E-state index contributed by atoms with van der Waals surface area (Å²) in [5, 5.41) is 9.33. The van der Waals surface area contributed by atoms with Crippen molar-refractivity contribution >= 4 is 10.0 Å². The van der Waals surface area contributed by atoms with Crippen molar-refractivity contribution in [3.63, 3.8) is 0 Å². The molecule has 1 atom stereocenters. The quantitative estimate of drug-likeness (QED) is 0.751. The number of nitrogens with zero attached hydrogens (tertiary/aromatic N) is 1. The van der Waals surface area contributed by atoms with Crippen molar-refractivity contribution in [2.45, 2.75) is 36.6 Å². The lowest BCUT2D eigenvalue weighted by Crippen LogP contribution is -2.45. The number of aliphatic hydroxyl groups is 1. The van der Waals surface area contributed by atoms with Crippen LogP contribution in [0.3, 0.4) is 0 Å². The molecule has 1 aliphatic rings. The molecule has 1 saturated heterocycles. The van der Waals surface area contributed by atoms with Gasteiger partial charge in [0.25, 0.3) is 0 Å². The Labute approximate surface area is 144 Å². The molecule has 1 aromatic rings. The van der Waals surface area contributed by atoms with Gasteiger partial charge in [0.15, 0.2) is 0 Å². The molecule has 6 nitrogen and oxygen atoms in total. The van der Waals surface area contributed by atoms with Crippen LogP contribution in [-0.4, -0.2) is 57.1 Å². The van der Waals surface area contributed by atoms with Crippen molar-refractivity contribution < 1.29 is 31.4 Å². The summed E-state index contributed by atoms with van der Waals surface area (Å²) in [6.45, 7) is 1.45. The fourth-order valence-corrected chi connectivity index (χ4v) is 3.81. The fourth-order valence-electron chi connectivity index (χ4n) is 2.79. The summed E-state index contributed by atoms with van der Waals surface area (Å²) in [6, 6.07) is 4.06. The largest absolute Gasteiger partial charge is 0.573 e. The average Bonchev–Trinajstić information content (AvgIpc) is 2.54. The molecule has 10 heteroatoms. The zero-order valence-corrected chi connectivity index (χ0v) is 14.3. The third kappa shape index (κ3) is 6.14. The number of aliphatic hydroxyl groups excluding tert-OH is 1. The fraction of sp³-hybridized carbons (Fsp3) is 0.600. The van der Waals surface area contributed by atoms with E-state index in [1.165, 1.54) is 0 Å². The van der Waals surface area contributed by atoms with Crippen molar-refractivity contribution in [1.29, 1.82) is 0 Å². The Morgan fingerprint density at radius 2 is 1.92 bits per heavy atom. The van der Waals surface area contributed by atoms with Gasteiger partial charge in [0.1, 0.15) is 5.75 Å². The van der Waals surface area contributed by atoms with Crippen LogP contribution < -0.4 is 9.46 Å². The SMILES string of the molecule is O=S(=O)(NCCN1CCCCC1CO)c1ccc(OC(F)(F)F)cc1. The van der Waals surface area contributed by atoms with Gasteiger partial charge < -0.3 is 9.84 Å². The number of ether oxygens (including phenoxy) is 1. The summed E-state index contributed by atoms with van der Waals surface area (Å²) in [7, 11) is -3.82. The van der Waals surface area contributed by atoms with Crippen molar-refractivity contribution in [1.82, 2.24) is 9.62 Å². The van der Waals surface area contributed by atoms with Gasteiger partial charge in [-0.15, -0.1) is 13.2 Å². The monoisotopic (exact) mass is 382 g/mol. The van der Waals surface area contributed by atoms with Crippen molar-refractivity contribution in [3.05, 3.63) is 24.3 Å². The highest BCUT2D eigenvalue weighted by atomic mass is 32.2. The van der Waals surface area contributed by atoms with E-state index in [9.17, 15) is 26.7 Å². The minimum Gasteiger partial charge on any atom is -0.406 e. The minimum absolute atomic E-state index is 0.0351. The molecular formula is C15H21F3N2O4S. The van der Waals surface area contributed by atoms with E-state index in [0.29, 0.717) is 6.54 Å². The molecule has 25 heavy (non-hydrogen) atoms. The minimum atomic E-state index is -4.82. The first-order chi connectivity index (χ1) is 11.7. The highest BCUT2D eigenvalue weighted by molar-refractivity contribution is 7.89. The lowest BCUT2D eigenvalue weighted by molar-refractivity contribution is -0.274. The molecule has 1 heterocycles. The Morgan fingerprint density at radius 3 is 2.52 bits per heavy atom. The van der Waals surface area contributed by atoms with Crippen molar-refractivity contribution in [3.8, 4) is 5.75 Å². The predicted molar refractivity (Wildman–Crippen MR) is 84.6 cm³/mol. The Balaban J connectivity index is 1.90. The second-order valence-corrected chi connectivity index (χ2v) is 7.55. The van der Waals surface area contributed by atoms with E-state index >= 15 is 0 Å². The molecule has 0 radical (unpaired) electrons. The number of likely N-dealkylation sites (tertiary alicyclic amines) is 1. The van der Waals surface area contributed by atoms with E-state index in [-0.39, 0.29) is 24.1 Å².